The Labute approximate surface area is 263 Å². The van der Waals surface area contributed by atoms with Gasteiger partial charge < -0.3 is 28.9 Å². The van der Waals surface area contributed by atoms with Gasteiger partial charge in [0.15, 0.2) is 11.5 Å². The molecular weight excluding hydrogens is 556 g/mol. The fourth-order valence-corrected chi connectivity index (χ4v) is 6.41. The van der Waals surface area contributed by atoms with E-state index >= 15 is 0 Å². The van der Waals surface area contributed by atoms with Crippen LogP contribution >= 0.6 is 0 Å². The third-order valence-corrected chi connectivity index (χ3v) is 9.63. The zero-order valence-electron chi connectivity index (χ0n) is 27.2. The summed E-state index contributed by atoms with van der Waals surface area (Å²) in [5, 5.41) is 0. The number of ether oxygens (including phenoxy) is 3. The van der Waals surface area contributed by atoms with Gasteiger partial charge in [-0.15, -0.1) is 0 Å². The van der Waals surface area contributed by atoms with E-state index in [0.717, 1.165) is 61.6 Å². The minimum Gasteiger partial charge on any atom is -0.496 e. The molecule has 0 N–H and O–H groups in total. The van der Waals surface area contributed by atoms with Crippen LogP contribution in [0.2, 0.25) is 0 Å². The Morgan fingerprint density at radius 1 is 0.977 bits per heavy atom. The second-order valence-corrected chi connectivity index (χ2v) is 12.6. The molecule has 2 saturated heterocycles. The highest BCUT2D eigenvalue weighted by Crippen LogP contribution is 2.36. The molecule has 0 radical (unpaired) electrons. The van der Waals surface area contributed by atoms with Crippen LogP contribution in [0.4, 0.5) is 10.5 Å². The fourth-order valence-electron chi connectivity index (χ4n) is 6.41. The Kier molecular flexibility index (Phi) is 10.6. The maximum Gasteiger partial charge on any atom is 0.325 e. The van der Waals surface area contributed by atoms with Gasteiger partial charge >= 0.3 is 6.03 Å². The number of carbonyl (C=O) groups is 2. The molecular formula is C35H50N4O5. The first-order valence-corrected chi connectivity index (χ1v) is 16.3. The van der Waals surface area contributed by atoms with Crippen LogP contribution in [-0.4, -0.2) is 92.8 Å². The van der Waals surface area contributed by atoms with E-state index in [4.69, 9.17) is 14.2 Å². The number of methoxy groups -OCH3 is 2. The third kappa shape index (κ3) is 7.60. The molecule has 2 atom stereocenters. The van der Waals surface area contributed by atoms with Crippen molar-refractivity contribution in [2.24, 2.45) is 5.92 Å². The Balaban J connectivity index is 1.24. The van der Waals surface area contributed by atoms with Crippen LogP contribution < -0.4 is 19.1 Å². The standard InChI is InChI=1S/C35H50N4O5/c1-6-37-17-16-30(24-37)36(3)34(40)21-27-11-12-28(32(20-27)43-5)23-39-25(2)15-18-38(35(39)41)29-13-14-31(42-4)33(22-29)44-19-7-8-26-9-10-26/h11-14,20,22,25-26,30H,6-10,15-19,21,23-24H2,1-5H3/t25-,30+/m0/s1. The smallest absolute Gasteiger partial charge is 0.325 e. The van der Waals surface area contributed by atoms with Crippen molar-refractivity contribution < 1.29 is 23.8 Å². The number of nitrogens with zero attached hydrogens (tertiary/aromatic N) is 4. The summed E-state index contributed by atoms with van der Waals surface area (Å²) in [7, 11) is 5.20. The number of rotatable bonds is 14. The van der Waals surface area contributed by atoms with E-state index in [1.54, 1.807) is 14.2 Å². The summed E-state index contributed by atoms with van der Waals surface area (Å²) in [5.74, 6) is 3.03. The fraction of sp³-hybridized carbons (Fsp3) is 0.600. The Hall–Kier alpha value is -3.46. The summed E-state index contributed by atoms with van der Waals surface area (Å²) in [6.45, 7) is 8.94. The first kappa shape index (κ1) is 31.9. The summed E-state index contributed by atoms with van der Waals surface area (Å²) in [6.07, 6.45) is 7.10. The minimum absolute atomic E-state index is 0.0470. The van der Waals surface area contributed by atoms with Gasteiger partial charge in [0.2, 0.25) is 5.91 Å². The van der Waals surface area contributed by atoms with Crippen molar-refractivity contribution in [1.29, 1.82) is 0 Å². The number of hydrogen-bond acceptors (Lipinski definition) is 6. The van der Waals surface area contributed by atoms with Crippen molar-refractivity contribution in [3.63, 3.8) is 0 Å². The molecule has 9 heteroatoms. The van der Waals surface area contributed by atoms with Gasteiger partial charge in [0.25, 0.3) is 0 Å². The van der Waals surface area contributed by atoms with Gasteiger partial charge in [-0.25, -0.2) is 4.79 Å². The molecule has 0 bridgehead atoms. The van der Waals surface area contributed by atoms with E-state index in [2.05, 4.69) is 18.7 Å². The number of likely N-dealkylation sites (tertiary alicyclic amines) is 1. The van der Waals surface area contributed by atoms with Crippen LogP contribution in [0.1, 0.15) is 63.5 Å². The van der Waals surface area contributed by atoms with Gasteiger partial charge in [-0.2, -0.15) is 0 Å². The van der Waals surface area contributed by atoms with Crippen molar-refractivity contribution in [3.8, 4) is 17.2 Å². The molecule has 3 fully saturated rings. The molecule has 1 aliphatic carbocycles. The van der Waals surface area contributed by atoms with E-state index < -0.39 is 0 Å². The number of hydrogen-bond donors (Lipinski definition) is 0. The van der Waals surface area contributed by atoms with Gasteiger partial charge in [-0.3, -0.25) is 9.69 Å². The zero-order valence-corrected chi connectivity index (χ0v) is 27.2. The number of urea groups is 1. The number of benzene rings is 2. The molecule has 2 aromatic rings. The number of anilines is 1. The van der Waals surface area contributed by atoms with Crippen molar-refractivity contribution in [2.45, 2.75) is 77.4 Å². The van der Waals surface area contributed by atoms with Crippen molar-refractivity contribution >= 4 is 17.6 Å². The quantitative estimate of drug-likeness (QED) is 0.261. The molecule has 2 aliphatic heterocycles. The minimum atomic E-state index is -0.0470. The molecule has 3 amide bonds. The summed E-state index contributed by atoms with van der Waals surface area (Å²) in [5.41, 5.74) is 2.64. The van der Waals surface area contributed by atoms with E-state index in [0.29, 0.717) is 43.4 Å². The zero-order chi connectivity index (χ0) is 31.2. The largest absolute Gasteiger partial charge is 0.496 e. The normalized spacial score (nSPS) is 20.6. The Bertz CT molecular complexity index is 1300. The number of amides is 3. The Morgan fingerprint density at radius 2 is 1.77 bits per heavy atom. The molecule has 0 spiro atoms. The van der Waals surface area contributed by atoms with Crippen molar-refractivity contribution in [1.82, 2.24) is 14.7 Å². The Morgan fingerprint density at radius 3 is 2.48 bits per heavy atom. The van der Waals surface area contributed by atoms with E-state index in [1.165, 1.54) is 19.3 Å². The topological polar surface area (TPSA) is 74.8 Å². The maximum atomic E-state index is 13.9. The van der Waals surface area contributed by atoms with Crippen LogP contribution in [0, 0.1) is 5.92 Å². The molecule has 2 aromatic carbocycles. The second-order valence-electron chi connectivity index (χ2n) is 12.6. The SMILES string of the molecule is CCN1CC[C@@H](N(C)C(=O)Cc2ccc(CN3C(=O)N(c4ccc(OC)c(OCCCC5CC5)c4)CC[C@@H]3C)c(OC)c2)C1. The van der Waals surface area contributed by atoms with Crippen LogP contribution in [0.3, 0.4) is 0 Å². The third-order valence-electron chi connectivity index (χ3n) is 9.63. The molecule has 5 rings (SSSR count). The van der Waals surface area contributed by atoms with E-state index in [9.17, 15) is 9.59 Å². The lowest BCUT2D eigenvalue weighted by atomic mass is 10.0. The first-order valence-electron chi connectivity index (χ1n) is 16.3. The van der Waals surface area contributed by atoms with Gasteiger partial charge in [-0.05, 0) is 68.8 Å². The van der Waals surface area contributed by atoms with Crippen LogP contribution in [0.5, 0.6) is 17.2 Å². The highest BCUT2D eigenvalue weighted by atomic mass is 16.5. The van der Waals surface area contributed by atoms with Crippen molar-refractivity contribution in [2.75, 3.05) is 59.0 Å². The lowest BCUT2D eigenvalue weighted by molar-refractivity contribution is -0.131. The molecule has 0 unspecified atom stereocenters. The van der Waals surface area contributed by atoms with Crippen molar-refractivity contribution in [3.05, 3.63) is 47.5 Å². The number of carbonyl (C=O) groups excluding carboxylic acids is 2. The highest BCUT2D eigenvalue weighted by Gasteiger charge is 2.33. The van der Waals surface area contributed by atoms with E-state index in [1.807, 2.05) is 58.1 Å². The first-order chi connectivity index (χ1) is 21.3. The summed E-state index contributed by atoms with van der Waals surface area (Å²) in [6, 6.07) is 12.0. The predicted octanol–water partition coefficient (Wildman–Crippen LogP) is 5.59. The molecule has 1 saturated carbocycles. The number of likely N-dealkylation sites (N-methyl/N-ethyl adjacent to an activating group) is 2. The van der Waals surface area contributed by atoms with Crippen LogP contribution in [-0.2, 0) is 17.8 Å². The maximum absolute atomic E-state index is 13.9. The predicted molar refractivity (Wildman–Crippen MR) is 173 cm³/mol. The van der Waals surface area contributed by atoms with Crippen LogP contribution in [0.15, 0.2) is 36.4 Å². The highest BCUT2D eigenvalue weighted by molar-refractivity contribution is 5.93. The average Bonchev–Trinajstić information content (AvgIpc) is 3.74. The lowest BCUT2D eigenvalue weighted by Crippen LogP contribution is -2.53. The lowest BCUT2D eigenvalue weighted by Gasteiger charge is -2.40. The van der Waals surface area contributed by atoms with Gasteiger partial charge in [-0.1, -0.05) is 31.9 Å². The molecule has 9 nitrogen and oxygen atoms in total. The van der Waals surface area contributed by atoms with Gasteiger partial charge in [0.1, 0.15) is 5.75 Å². The summed E-state index contributed by atoms with van der Waals surface area (Å²) < 4.78 is 17.4. The second kappa shape index (κ2) is 14.5. The van der Waals surface area contributed by atoms with Crippen LogP contribution in [0.25, 0.3) is 0 Å². The van der Waals surface area contributed by atoms with Gasteiger partial charge in [0, 0.05) is 56.1 Å². The summed E-state index contributed by atoms with van der Waals surface area (Å²) >= 11 is 0. The average molecular weight is 607 g/mol. The molecule has 44 heavy (non-hydrogen) atoms. The monoisotopic (exact) mass is 606 g/mol. The summed E-state index contributed by atoms with van der Waals surface area (Å²) in [4.78, 5) is 35.0. The van der Waals surface area contributed by atoms with Gasteiger partial charge in [0.05, 0.1) is 33.8 Å². The molecule has 0 aromatic heterocycles. The molecule has 3 aliphatic rings. The van der Waals surface area contributed by atoms with E-state index in [-0.39, 0.29) is 24.0 Å². The molecule has 2 heterocycles. The molecule has 240 valence electrons.